The number of nitrogens with zero attached hydrogens (tertiary/aromatic N) is 1. The van der Waals surface area contributed by atoms with Gasteiger partial charge in [-0.1, -0.05) is 20.8 Å². The van der Waals surface area contributed by atoms with E-state index in [1.54, 1.807) is 0 Å². The molecule has 0 spiro atoms. The number of hydrogen-bond acceptors (Lipinski definition) is 3. The minimum Gasteiger partial charge on any atom is -0.319 e. The quantitative estimate of drug-likeness (QED) is 0.902. The third-order valence-electron chi connectivity index (χ3n) is 4.75. The smallest absolute Gasteiger partial charge is 0.0927 e. The molecule has 0 aromatic carbocycles. The molecular formula is C16H28N2S. The zero-order valence-corrected chi connectivity index (χ0v) is 13.6. The fraction of sp³-hybridized carbons (Fsp3) is 0.812. The van der Waals surface area contributed by atoms with Crippen molar-refractivity contribution in [3.05, 3.63) is 16.6 Å². The number of thiazole rings is 1. The maximum absolute atomic E-state index is 4.49. The van der Waals surface area contributed by atoms with Gasteiger partial charge in [0.1, 0.15) is 0 Å². The van der Waals surface area contributed by atoms with Gasteiger partial charge in [0.05, 0.1) is 5.01 Å². The van der Waals surface area contributed by atoms with Crippen LogP contribution in [0.2, 0.25) is 0 Å². The van der Waals surface area contributed by atoms with Crippen LogP contribution in [0.4, 0.5) is 0 Å². The van der Waals surface area contributed by atoms with Gasteiger partial charge < -0.3 is 5.32 Å². The Bertz CT molecular complexity index is 367. The molecule has 1 aromatic heterocycles. The van der Waals surface area contributed by atoms with Gasteiger partial charge in [0.15, 0.2) is 0 Å². The van der Waals surface area contributed by atoms with E-state index >= 15 is 0 Å². The van der Waals surface area contributed by atoms with Gasteiger partial charge in [-0.3, -0.25) is 0 Å². The van der Waals surface area contributed by atoms with E-state index in [1.165, 1.54) is 30.7 Å². The van der Waals surface area contributed by atoms with E-state index in [0.717, 1.165) is 24.3 Å². The number of rotatable bonds is 4. The first kappa shape index (κ1) is 15.0. The van der Waals surface area contributed by atoms with Gasteiger partial charge in [0, 0.05) is 18.0 Å². The summed E-state index contributed by atoms with van der Waals surface area (Å²) in [4.78, 5) is 4.49. The fourth-order valence-corrected chi connectivity index (χ4v) is 4.18. The summed E-state index contributed by atoms with van der Waals surface area (Å²) in [5.41, 5.74) is 0.450. The Hall–Kier alpha value is -0.410. The van der Waals surface area contributed by atoms with Crippen molar-refractivity contribution in [2.24, 2.45) is 23.2 Å². The average molecular weight is 280 g/mol. The monoisotopic (exact) mass is 280 g/mol. The zero-order chi connectivity index (χ0) is 13.9. The van der Waals surface area contributed by atoms with Crippen LogP contribution in [0.25, 0.3) is 0 Å². The normalized spacial score (nSPS) is 28.5. The summed E-state index contributed by atoms with van der Waals surface area (Å²) in [6.07, 6.45) is 7.26. The van der Waals surface area contributed by atoms with Crippen molar-refractivity contribution in [3.8, 4) is 0 Å². The van der Waals surface area contributed by atoms with Crippen molar-refractivity contribution in [2.45, 2.75) is 46.5 Å². The first-order chi connectivity index (χ1) is 9.00. The van der Waals surface area contributed by atoms with Crippen LogP contribution in [-0.4, -0.2) is 18.6 Å². The Kier molecular flexibility index (Phi) is 5.02. The maximum atomic E-state index is 4.49. The molecule has 1 aliphatic carbocycles. The standard InChI is InChI=1S/C16H28N2S/c1-16(2,3)14-6-5-12(11-17-4)13(9-14)10-15-18-7-8-19-15/h7-8,12-14,17H,5-6,9-11H2,1-4H3. The van der Waals surface area contributed by atoms with Crippen LogP contribution in [0, 0.1) is 23.2 Å². The van der Waals surface area contributed by atoms with Crippen molar-refractivity contribution in [2.75, 3.05) is 13.6 Å². The second-order valence-electron chi connectivity index (χ2n) is 7.08. The van der Waals surface area contributed by atoms with Gasteiger partial charge in [-0.2, -0.15) is 0 Å². The highest BCUT2D eigenvalue weighted by atomic mass is 32.1. The molecule has 108 valence electrons. The average Bonchev–Trinajstić information content (AvgIpc) is 2.83. The molecule has 3 atom stereocenters. The second kappa shape index (κ2) is 6.36. The molecule has 1 saturated carbocycles. The largest absolute Gasteiger partial charge is 0.319 e. The molecular weight excluding hydrogens is 252 g/mol. The Balaban J connectivity index is 2.04. The van der Waals surface area contributed by atoms with Gasteiger partial charge in [0.25, 0.3) is 0 Å². The number of nitrogens with one attached hydrogen (secondary N) is 1. The molecule has 1 heterocycles. The van der Waals surface area contributed by atoms with E-state index in [-0.39, 0.29) is 0 Å². The van der Waals surface area contributed by atoms with Gasteiger partial charge in [-0.15, -0.1) is 11.3 Å². The summed E-state index contributed by atoms with van der Waals surface area (Å²) < 4.78 is 0. The second-order valence-corrected chi connectivity index (χ2v) is 8.06. The fourth-order valence-electron chi connectivity index (χ4n) is 3.47. The Morgan fingerprint density at radius 1 is 1.32 bits per heavy atom. The van der Waals surface area contributed by atoms with E-state index in [2.05, 4.69) is 43.5 Å². The van der Waals surface area contributed by atoms with Gasteiger partial charge in [-0.05, 0) is 56.0 Å². The molecule has 1 N–H and O–H groups in total. The van der Waals surface area contributed by atoms with Crippen molar-refractivity contribution in [1.82, 2.24) is 10.3 Å². The van der Waals surface area contributed by atoms with E-state index in [4.69, 9.17) is 0 Å². The summed E-state index contributed by atoms with van der Waals surface area (Å²) >= 11 is 1.81. The van der Waals surface area contributed by atoms with Crippen LogP contribution in [-0.2, 0) is 6.42 Å². The Labute approximate surface area is 122 Å². The third-order valence-corrected chi connectivity index (χ3v) is 5.55. The minimum absolute atomic E-state index is 0.450. The van der Waals surface area contributed by atoms with Gasteiger partial charge in [-0.25, -0.2) is 4.98 Å². The van der Waals surface area contributed by atoms with Crippen LogP contribution < -0.4 is 5.32 Å². The Morgan fingerprint density at radius 2 is 2.11 bits per heavy atom. The lowest BCUT2D eigenvalue weighted by Crippen LogP contribution is -2.36. The molecule has 1 aromatic rings. The van der Waals surface area contributed by atoms with Crippen molar-refractivity contribution < 1.29 is 0 Å². The van der Waals surface area contributed by atoms with Crippen molar-refractivity contribution in [1.29, 1.82) is 0 Å². The summed E-state index contributed by atoms with van der Waals surface area (Å²) in [5, 5.41) is 6.81. The van der Waals surface area contributed by atoms with E-state index in [1.807, 2.05) is 17.5 Å². The topological polar surface area (TPSA) is 24.9 Å². The molecule has 3 unspecified atom stereocenters. The molecule has 0 aliphatic heterocycles. The summed E-state index contributed by atoms with van der Waals surface area (Å²) in [7, 11) is 2.08. The lowest BCUT2D eigenvalue weighted by atomic mass is 9.65. The molecule has 3 heteroatoms. The first-order valence-electron chi connectivity index (χ1n) is 7.53. The molecule has 0 saturated heterocycles. The lowest BCUT2D eigenvalue weighted by Gasteiger charge is -2.42. The maximum Gasteiger partial charge on any atom is 0.0927 e. The molecule has 19 heavy (non-hydrogen) atoms. The number of hydrogen-bond donors (Lipinski definition) is 1. The summed E-state index contributed by atoms with van der Waals surface area (Å²) in [6, 6.07) is 0. The first-order valence-corrected chi connectivity index (χ1v) is 8.41. The van der Waals surface area contributed by atoms with Crippen LogP contribution in [0.5, 0.6) is 0 Å². The molecule has 2 rings (SSSR count). The highest BCUT2D eigenvalue weighted by Gasteiger charge is 2.35. The van der Waals surface area contributed by atoms with Crippen molar-refractivity contribution in [3.63, 3.8) is 0 Å². The summed E-state index contributed by atoms with van der Waals surface area (Å²) in [5.74, 6) is 2.50. The van der Waals surface area contributed by atoms with E-state index in [9.17, 15) is 0 Å². The van der Waals surface area contributed by atoms with Crippen LogP contribution >= 0.6 is 11.3 Å². The molecule has 1 fully saturated rings. The lowest BCUT2D eigenvalue weighted by molar-refractivity contribution is 0.0980. The number of aromatic nitrogens is 1. The highest BCUT2D eigenvalue weighted by Crippen LogP contribution is 2.43. The van der Waals surface area contributed by atoms with Crippen LogP contribution in [0.15, 0.2) is 11.6 Å². The predicted molar refractivity (Wildman–Crippen MR) is 83.5 cm³/mol. The molecule has 1 aliphatic rings. The molecule has 2 nitrogen and oxygen atoms in total. The van der Waals surface area contributed by atoms with E-state index in [0.29, 0.717) is 5.41 Å². The van der Waals surface area contributed by atoms with Gasteiger partial charge in [0.2, 0.25) is 0 Å². The third kappa shape index (κ3) is 4.03. The van der Waals surface area contributed by atoms with E-state index < -0.39 is 0 Å². The van der Waals surface area contributed by atoms with Gasteiger partial charge >= 0.3 is 0 Å². The SMILES string of the molecule is CNCC1CCC(C(C)(C)C)CC1Cc1nccs1. The van der Waals surface area contributed by atoms with Crippen LogP contribution in [0.1, 0.15) is 45.0 Å². The minimum atomic E-state index is 0.450. The summed E-state index contributed by atoms with van der Waals surface area (Å²) in [6.45, 7) is 8.36. The Morgan fingerprint density at radius 3 is 2.68 bits per heavy atom. The zero-order valence-electron chi connectivity index (χ0n) is 12.8. The van der Waals surface area contributed by atoms with Crippen LogP contribution in [0.3, 0.4) is 0 Å². The molecule has 0 amide bonds. The van der Waals surface area contributed by atoms with Crippen molar-refractivity contribution >= 4 is 11.3 Å². The highest BCUT2D eigenvalue weighted by molar-refractivity contribution is 7.09. The molecule has 0 bridgehead atoms. The predicted octanol–water partition coefficient (Wildman–Crippen LogP) is 3.98. The molecule has 0 radical (unpaired) electrons.